The number of aromatic amines is 2. The Balaban J connectivity index is 0.000000424. The van der Waals surface area contributed by atoms with Crippen molar-refractivity contribution >= 4 is 54.8 Å². The molecule has 1 aromatic heterocycles. The van der Waals surface area contributed by atoms with Gasteiger partial charge in [0.1, 0.15) is 18.2 Å². The normalized spacial score (nSPS) is 9.15. The molecule has 7 heteroatoms. The number of carbonyl (C=O) groups is 1. The fourth-order valence-electron chi connectivity index (χ4n) is 0.534. The zero-order chi connectivity index (χ0) is 10.1. The van der Waals surface area contributed by atoms with Crippen LogP contribution in [0, 0.1) is 0 Å². The molecule has 1 heterocycles. The Labute approximate surface area is 111 Å². The quantitative estimate of drug-likeness (QED) is 0.409. The van der Waals surface area contributed by atoms with Gasteiger partial charge in [0.2, 0.25) is 0 Å². The SMILES string of the molecule is CC(=O)CSc1[nH]cc[nH+]1.I[I-]I. The van der Waals surface area contributed by atoms with E-state index in [-0.39, 0.29) is 5.78 Å². The number of ketones is 1. The van der Waals surface area contributed by atoms with Crippen LogP contribution in [-0.4, -0.2) is 16.5 Å². The summed E-state index contributed by atoms with van der Waals surface area (Å²) in [7, 11) is 0. The number of rotatable bonds is 3. The molecule has 0 radical (unpaired) electrons. The van der Waals surface area contributed by atoms with Crippen LogP contribution in [-0.2, 0) is 4.79 Å². The summed E-state index contributed by atoms with van der Waals surface area (Å²) in [4.78, 5) is 16.4. The molecule has 0 bridgehead atoms. The van der Waals surface area contributed by atoms with Gasteiger partial charge in [-0.25, -0.2) is 9.97 Å². The molecule has 1 rings (SSSR count). The summed E-state index contributed by atoms with van der Waals surface area (Å²) in [6.45, 7) is 1.58. The average Bonchev–Trinajstić information content (AvgIpc) is 2.54. The number of hydrogen-bond donors (Lipinski definition) is 1. The zero-order valence-electron chi connectivity index (χ0n) is 6.81. The van der Waals surface area contributed by atoms with Crippen molar-refractivity contribution in [1.82, 2.24) is 4.98 Å². The van der Waals surface area contributed by atoms with Crippen LogP contribution in [0.15, 0.2) is 17.6 Å². The summed E-state index contributed by atoms with van der Waals surface area (Å²) < 4.78 is 0. The van der Waals surface area contributed by atoms with Gasteiger partial charge in [-0.15, -0.1) is 0 Å². The summed E-state index contributed by atoms with van der Waals surface area (Å²) in [5.41, 5.74) is 0. The Kier molecular flexibility index (Phi) is 11.0. The number of Topliss-reactive ketones (excluding diaryl/α,β-unsaturated/α-hetero) is 1. The first-order valence-electron chi connectivity index (χ1n) is 3.25. The van der Waals surface area contributed by atoms with Gasteiger partial charge in [-0.1, -0.05) is 0 Å². The first kappa shape index (κ1) is 14.4. The van der Waals surface area contributed by atoms with Crippen LogP contribution in [0.1, 0.15) is 6.92 Å². The third-order valence-electron chi connectivity index (χ3n) is 0.932. The molecule has 0 saturated carbocycles. The van der Waals surface area contributed by atoms with Crippen LogP contribution in [0.3, 0.4) is 0 Å². The molecule has 3 nitrogen and oxygen atoms in total. The molecule has 2 N–H and O–H groups in total. The molecule has 13 heavy (non-hydrogen) atoms. The molecule has 0 amide bonds. The van der Waals surface area contributed by atoms with E-state index >= 15 is 0 Å². The van der Waals surface area contributed by atoms with E-state index in [0.29, 0.717) is 19.0 Å². The van der Waals surface area contributed by atoms with Crippen LogP contribution >= 0.6 is 49.0 Å². The van der Waals surface area contributed by atoms with Crippen molar-refractivity contribution in [2.75, 3.05) is 5.75 Å². The van der Waals surface area contributed by atoms with Gasteiger partial charge in [-0.2, -0.15) is 0 Å². The Morgan fingerprint density at radius 1 is 1.77 bits per heavy atom. The second-order valence-corrected chi connectivity index (χ2v) is 19.2. The van der Waals surface area contributed by atoms with E-state index in [0.717, 1.165) is 5.16 Å². The number of thioether (sulfide) groups is 1. The van der Waals surface area contributed by atoms with Gasteiger partial charge in [-0.05, 0) is 18.7 Å². The minimum absolute atomic E-state index is 0.188. The second-order valence-electron chi connectivity index (χ2n) is 2.00. The standard InChI is InChI=1S/C6H8N2OS.I3/c1-5(9)4-10-6-7-2-3-8-6;1-3-2/h2-3H,4H2,1H3,(H,7,8);/q;-1/p+1. The number of halogens is 3. The van der Waals surface area contributed by atoms with Crippen LogP contribution in [0.25, 0.3) is 0 Å². The molecule has 0 aromatic carbocycles. The van der Waals surface area contributed by atoms with E-state index in [1.807, 2.05) is 0 Å². The van der Waals surface area contributed by atoms with Crippen molar-refractivity contribution in [1.29, 1.82) is 0 Å². The fraction of sp³-hybridized carbons (Fsp3) is 0.333. The van der Waals surface area contributed by atoms with E-state index in [9.17, 15) is 4.79 Å². The van der Waals surface area contributed by atoms with Crippen molar-refractivity contribution in [3.63, 3.8) is 0 Å². The monoisotopic (exact) mass is 538 g/mol. The summed E-state index contributed by atoms with van der Waals surface area (Å²) >= 11 is 6.77. The molecule has 0 unspecified atom stereocenters. The third kappa shape index (κ3) is 9.72. The van der Waals surface area contributed by atoms with Crippen LogP contribution in [0.5, 0.6) is 0 Å². The van der Waals surface area contributed by atoms with Crippen LogP contribution in [0.4, 0.5) is 0 Å². The first-order valence-corrected chi connectivity index (χ1v) is 16.8. The Bertz CT molecular complexity index is 230. The molecule has 0 spiro atoms. The number of H-pyrrole nitrogens is 2. The number of imidazole rings is 1. The fourth-order valence-corrected chi connectivity index (χ4v) is 1.18. The zero-order valence-corrected chi connectivity index (χ0v) is 14.1. The predicted molar refractivity (Wildman–Crippen MR) is 66.8 cm³/mol. The van der Waals surface area contributed by atoms with Gasteiger partial charge in [-0.3, -0.25) is 4.79 Å². The molecule has 0 aliphatic heterocycles. The Morgan fingerprint density at radius 2 is 2.38 bits per heavy atom. The van der Waals surface area contributed by atoms with Crippen LogP contribution in [0.2, 0.25) is 0 Å². The molecular formula is C6H9I3N2OS. The Morgan fingerprint density at radius 3 is 2.77 bits per heavy atom. The van der Waals surface area contributed by atoms with E-state index in [2.05, 4.69) is 47.2 Å². The van der Waals surface area contributed by atoms with Crippen molar-refractivity contribution < 1.29 is 23.0 Å². The minimum atomic E-state index is 0.188. The molecule has 76 valence electrons. The first-order chi connectivity index (χ1) is 6.20. The third-order valence-corrected chi connectivity index (χ3v) is 2.01. The van der Waals surface area contributed by atoms with Gasteiger partial charge < -0.3 is 0 Å². The maximum atomic E-state index is 10.5. The second kappa shape index (κ2) is 9.96. The molecule has 0 atom stereocenters. The van der Waals surface area contributed by atoms with Crippen molar-refractivity contribution in [3.05, 3.63) is 12.4 Å². The predicted octanol–water partition coefficient (Wildman–Crippen LogP) is -0.715. The molecule has 0 fully saturated rings. The molecular weight excluding hydrogens is 529 g/mol. The number of aromatic nitrogens is 2. The Hall–Kier alpha value is 1.42. The number of carbonyl (C=O) groups excluding carboxylic acids is 1. The molecule has 0 saturated heterocycles. The van der Waals surface area contributed by atoms with Crippen molar-refractivity contribution in [2.45, 2.75) is 12.1 Å². The summed E-state index contributed by atoms with van der Waals surface area (Å²) in [5, 5.41) is 0.926. The van der Waals surface area contributed by atoms with E-state index in [1.54, 1.807) is 19.3 Å². The average molecular weight is 538 g/mol. The van der Waals surface area contributed by atoms with Gasteiger partial charge in [0, 0.05) is 0 Å². The van der Waals surface area contributed by atoms with Crippen molar-refractivity contribution in [3.8, 4) is 0 Å². The van der Waals surface area contributed by atoms with Gasteiger partial charge in [0.05, 0.1) is 5.75 Å². The summed E-state index contributed by atoms with van der Waals surface area (Å²) in [5.74, 6) is 0.713. The van der Waals surface area contributed by atoms with Gasteiger partial charge >= 0.3 is 55.6 Å². The summed E-state index contributed by atoms with van der Waals surface area (Å²) in [6, 6.07) is 0. The van der Waals surface area contributed by atoms with E-state index in [1.165, 1.54) is 11.8 Å². The summed E-state index contributed by atoms with van der Waals surface area (Å²) in [6.07, 6.45) is 3.59. The molecule has 0 aliphatic carbocycles. The van der Waals surface area contributed by atoms with E-state index in [4.69, 9.17) is 0 Å². The van der Waals surface area contributed by atoms with E-state index < -0.39 is 0 Å². The molecule has 1 aromatic rings. The molecule has 0 aliphatic rings. The van der Waals surface area contributed by atoms with Crippen LogP contribution < -0.4 is 18.2 Å². The number of nitrogens with one attached hydrogen (secondary N) is 2. The van der Waals surface area contributed by atoms with Gasteiger partial charge in [0.25, 0.3) is 0 Å². The van der Waals surface area contributed by atoms with Crippen molar-refractivity contribution in [2.24, 2.45) is 0 Å². The number of hydrogen-bond acceptors (Lipinski definition) is 2. The van der Waals surface area contributed by atoms with Gasteiger partial charge in [0.15, 0.2) is 0 Å². The topological polar surface area (TPSA) is 47.0 Å². The maximum absolute atomic E-state index is 10.5.